The Hall–Kier alpha value is -1.15. The van der Waals surface area contributed by atoms with Crippen molar-refractivity contribution in [1.82, 2.24) is 4.31 Å². The summed E-state index contributed by atoms with van der Waals surface area (Å²) >= 11 is 5.66. The van der Waals surface area contributed by atoms with Gasteiger partial charge in [-0.3, -0.25) is 4.79 Å². The number of morpholine rings is 1. The van der Waals surface area contributed by atoms with E-state index in [4.69, 9.17) is 16.3 Å². The number of alkyl halides is 1. The highest BCUT2D eigenvalue weighted by molar-refractivity contribution is 7.89. The first kappa shape index (κ1) is 16.2. The number of rotatable bonds is 4. The van der Waals surface area contributed by atoms with E-state index >= 15 is 0 Å². The summed E-state index contributed by atoms with van der Waals surface area (Å²) in [5, 5.41) is 1.95. The average molecular weight is 333 g/mol. The first-order valence-corrected chi connectivity index (χ1v) is 8.42. The lowest BCUT2D eigenvalue weighted by atomic mass is 10.3. The van der Waals surface area contributed by atoms with Crippen molar-refractivity contribution < 1.29 is 17.9 Å². The molecule has 0 aromatic heterocycles. The minimum Gasteiger partial charge on any atom is -0.379 e. The molecule has 0 aliphatic carbocycles. The van der Waals surface area contributed by atoms with Crippen LogP contribution in [-0.4, -0.2) is 50.3 Å². The molecule has 2 rings (SSSR count). The summed E-state index contributed by atoms with van der Waals surface area (Å²) in [7, 11) is -3.51. The summed E-state index contributed by atoms with van der Waals surface area (Å²) in [5.41, 5.74) is 0.508. The van der Waals surface area contributed by atoms with E-state index in [-0.39, 0.29) is 10.8 Å². The molecule has 0 bridgehead atoms. The minimum absolute atomic E-state index is 0.196. The number of nitrogens with one attached hydrogen (secondary N) is 1. The fraction of sp³-hybridized carbons (Fsp3) is 0.462. The van der Waals surface area contributed by atoms with Gasteiger partial charge in [-0.1, -0.05) is 0 Å². The van der Waals surface area contributed by atoms with Crippen molar-refractivity contribution in [3.63, 3.8) is 0 Å². The summed E-state index contributed by atoms with van der Waals surface area (Å²) < 4.78 is 31.3. The molecule has 1 fully saturated rings. The summed E-state index contributed by atoms with van der Waals surface area (Å²) in [4.78, 5) is 11.7. The number of carbonyl (C=O) groups excluding carboxylic acids is 1. The lowest BCUT2D eigenvalue weighted by molar-refractivity contribution is -0.115. The highest BCUT2D eigenvalue weighted by Gasteiger charge is 2.26. The quantitative estimate of drug-likeness (QED) is 0.843. The highest BCUT2D eigenvalue weighted by Crippen LogP contribution is 2.19. The van der Waals surface area contributed by atoms with E-state index in [1.165, 1.54) is 16.4 Å². The first-order valence-electron chi connectivity index (χ1n) is 6.54. The zero-order valence-electron chi connectivity index (χ0n) is 11.6. The van der Waals surface area contributed by atoms with Gasteiger partial charge in [-0.25, -0.2) is 8.42 Å². The molecule has 116 valence electrons. The van der Waals surface area contributed by atoms with Crippen molar-refractivity contribution in [3.05, 3.63) is 24.3 Å². The molecule has 21 heavy (non-hydrogen) atoms. The van der Waals surface area contributed by atoms with Gasteiger partial charge in [0.1, 0.15) is 5.38 Å². The number of hydrogen-bond acceptors (Lipinski definition) is 4. The van der Waals surface area contributed by atoms with E-state index in [0.717, 1.165) is 0 Å². The number of amides is 1. The lowest BCUT2D eigenvalue weighted by Crippen LogP contribution is -2.40. The fourth-order valence-electron chi connectivity index (χ4n) is 1.89. The van der Waals surface area contributed by atoms with Gasteiger partial charge in [0, 0.05) is 18.8 Å². The van der Waals surface area contributed by atoms with Gasteiger partial charge < -0.3 is 10.1 Å². The van der Waals surface area contributed by atoms with E-state index in [9.17, 15) is 13.2 Å². The molecule has 8 heteroatoms. The second kappa shape index (κ2) is 6.74. The molecule has 1 heterocycles. The van der Waals surface area contributed by atoms with Crippen molar-refractivity contribution >= 4 is 33.2 Å². The van der Waals surface area contributed by atoms with Gasteiger partial charge in [0.25, 0.3) is 0 Å². The van der Waals surface area contributed by atoms with Crippen LogP contribution in [-0.2, 0) is 19.6 Å². The second-order valence-electron chi connectivity index (χ2n) is 4.65. The van der Waals surface area contributed by atoms with E-state index in [0.29, 0.717) is 32.0 Å². The van der Waals surface area contributed by atoms with Gasteiger partial charge in [0.15, 0.2) is 0 Å². The largest absolute Gasteiger partial charge is 0.379 e. The molecular formula is C13H17ClN2O4S. The van der Waals surface area contributed by atoms with Crippen molar-refractivity contribution in [2.75, 3.05) is 31.6 Å². The van der Waals surface area contributed by atoms with Crippen LogP contribution in [0.1, 0.15) is 6.92 Å². The number of ether oxygens (including phenoxy) is 1. The van der Waals surface area contributed by atoms with Crippen LogP contribution in [0.5, 0.6) is 0 Å². The van der Waals surface area contributed by atoms with Gasteiger partial charge in [-0.15, -0.1) is 11.6 Å². The molecule has 0 unspecified atom stereocenters. The molecule has 1 saturated heterocycles. The number of carbonyl (C=O) groups is 1. The van der Waals surface area contributed by atoms with Crippen LogP contribution >= 0.6 is 11.6 Å². The monoisotopic (exact) mass is 332 g/mol. The molecular weight excluding hydrogens is 316 g/mol. The van der Waals surface area contributed by atoms with Crippen LogP contribution in [0.2, 0.25) is 0 Å². The maximum atomic E-state index is 12.4. The Morgan fingerprint density at radius 2 is 1.86 bits per heavy atom. The van der Waals surface area contributed by atoms with Crippen LogP contribution < -0.4 is 5.32 Å². The molecule has 1 aliphatic heterocycles. The van der Waals surface area contributed by atoms with E-state index in [1.807, 2.05) is 0 Å². The van der Waals surface area contributed by atoms with Gasteiger partial charge in [0.2, 0.25) is 15.9 Å². The Bertz CT molecular complexity index is 595. The standard InChI is InChI=1S/C13H17ClN2O4S/c1-10(14)13(17)15-11-2-4-12(5-3-11)21(18,19)16-6-8-20-9-7-16/h2-5,10H,6-9H2,1H3,(H,15,17)/t10-/m1/s1. The Kier molecular flexibility index (Phi) is 5.21. The third kappa shape index (κ3) is 3.94. The van der Waals surface area contributed by atoms with Gasteiger partial charge in [-0.05, 0) is 31.2 Å². The van der Waals surface area contributed by atoms with Crippen molar-refractivity contribution in [2.45, 2.75) is 17.2 Å². The Balaban J connectivity index is 2.12. The predicted molar refractivity (Wildman–Crippen MR) is 80.0 cm³/mol. The smallest absolute Gasteiger partial charge is 0.243 e. The third-order valence-corrected chi connectivity index (χ3v) is 5.20. The van der Waals surface area contributed by atoms with Crippen LogP contribution in [0.4, 0.5) is 5.69 Å². The zero-order chi connectivity index (χ0) is 15.5. The molecule has 1 aromatic carbocycles. The van der Waals surface area contributed by atoms with Gasteiger partial charge in [-0.2, -0.15) is 4.31 Å². The van der Waals surface area contributed by atoms with E-state index in [1.54, 1.807) is 19.1 Å². The SMILES string of the molecule is C[C@@H](Cl)C(=O)Nc1ccc(S(=O)(=O)N2CCOCC2)cc1. The highest BCUT2D eigenvalue weighted by atomic mass is 35.5. The summed E-state index contributed by atoms with van der Waals surface area (Å²) in [6.45, 7) is 3.07. The average Bonchev–Trinajstić information content (AvgIpc) is 2.48. The molecule has 1 N–H and O–H groups in total. The van der Waals surface area contributed by atoms with Crippen molar-refractivity contribution in [3.8, 4) is 0 Å². The Morgan fingerprint density at radius 3 is 2.38 bits per heavy atom. The minimum atomic E-state index is -3.51. The van der Waals surface area contributed by atoms with Crippen molar-refractivity contribution in [1.29, 1.82) is 0 Å². The van der Waals surface area contributed by atoms with Crippen LogP contribution in [0.15, 0.2) is 29.2 Å². The number of hydrogen-bond donors (Lipinski definition) is 1. The van der Waals surface area contributed by atoms with E-state index < -0.39 is 15.4 Å². The molecule has 1 aliphatic rings. The molecule has 1 amide bonds. The maximum absolute atomic E-state index is 12.4. The van der Waals surface area contributed by atoms with Crippen LogP contribution in [0, 0.1) is 0 Å². The number of nitrogens with zero attached hydrogens (tertiary/aromatic N) is 1. The summed E-state index contributed by atoms with van der Waals surface area (Å²) in [6.07, 6.45) is 0. The molecule has 6 nitrogen and oxygen atoms in total. The normalized spacial score (nSPS) is 18.2. The zero-order valence-corrected chi connectivity index (χ0v) is 13.2. The summed E-state index contributed by atoms with van der Waals surface area (Å²) in [5.74, 6) is -0.333. The number of benzene rings is 1. The molecule has 1 atom stereocenters. The van der Waals surface area contributed by atoms with Crippen molar-refractivity contribution in [2.24, 2.45) is 0 Å². The summed E-state index contributed by atoms with van der Waals surface area (Å²) in [6, 6.07) is 6.04. The molecule has 0 saturated carbocycles. The Morgan fingerprint density at radius 1 is 1.29 bits per heavy atom. The molecule has 1 aromatic rings. The van der Waals surface area contributed by atoms with E-state index in [2.05, 4.69) is 5.32 Å². The number of sulfonamides is 1. The molecule has 0 radical (unpaired) electrons. The maximum Gasteiger partial charge on any atom is 0.243 e. The number of halogens is 1. The lowest BCUT2D eigenvalue weighted by Gasteiger charge is -2.26. The first-order chi connectivity index (χ1) is 9.91. The predicted octanol–water partition coefficient (Wildman–Crippen LogP) is 1.27. The van der Waals surface area contributed by atoms with Crippen LogP contribution in [0.25, 0.3) is 0 Å². The fourth-order valence-corrected chi connectivity index (χ4v) is 3.35. The Labute approximate surface area is 129 Å². The second-order valence-corrected chi connectivity index (χ2v) is 7.24. The van der Waals surface area contributed by atoms with Gasteiger partial charge in [0.05, 0.1) is 18.1 Å². The third-order valence-electron chi connectivity index (χ3n) is 3.09. The number of anilines is 1. The van der Waals surface area contributed by atoms with Crippen LogP contribution in [0.3, 0.4) is 0 Å². The van der Waals surface area contributed by atoms with Gasteiger partial charge >= 0.3 is 0 Å². The molecule has 0 spiro atoms. The topological polar surface area (TPSA) is 75.7 Å².